The molecule has 0 saturated carbocycles. The summed E-state index contributed by atoms with van der Waals surface area (Å²) in [6, 6.07) is 3.97. The minimum Gasteiger partial charge on any atom is -0.496 e. The lowest BCUT2D eigenvalue weighted by atomic mass is 9.96. The van der Waals surface area contributed by atoms with Crippen LogP contribution in [0.3, 0.4) is 0 Å². The van der Waals surface area contributed by atoms with Crippen LogP contribution in [-0.2, 0) is 6.42 Å². The maximum Gasteiger partial charge on any atom is 0.124 e. The zero-order valence-corrected chi connectivity index (χ0v) is 10.8. The van der Waals surface area contributed by atoms with Gasteiger partial charge in [0, 0.05) is 17.2 Å². The van der Waals surface area contributed by atoms with Gasteiger partial charge in [0.05, 0.1) is 14.2 Å². The second-order valence-corrected chi connectivity index (χ2v) is 4.85. The van der Waals surface area contributed by atoms with Gasteiger partial charge in [0.2, 0.25) is 0 Å². The van der Waals surface area contributed by atoms with Gasteiger partial charge in [-0.05, 0) is 37.3 Å². The first-order chi connectivity index (χ1) is 8.17. The van der Waals surface area contributed by atoms with Gasteiger partial charge in [-0.3, -0.25) is 0 Å². The first-order valence-corrected chi connectivity index (χ1v) is 6.16. The van der Waals surface area contributed by atoms with Crippen molar-refractivity contribution in [3.05, 3.63) is 23.3 Å². The lowest BCUT2D eigenvalue weighted by molar-refractivity contribution is 0.390. The topological polar surface area (TPSA) is 44.5 Å². The van der Waals surface area contributed by atoms with Crippen LogP contribution in [-0.4, -0.2) is 14.2 Å². The number of hydrogen-bond acceptors (Lipinski definition) is 3. The molecule has 2 unspecified atom stereocenters. The Balaban J connectivity index is 2.54. The van der Waals surface area contributed by atoms with Crippen LogP contribution in [0, 0.1) is 5.92 Å². The number of ether oxygens (including phenoxy) is 2. The molecule has 0 bridgehead atoms. The smallest absolute Gasteiger partial charge is 0.124 e. The maximum absolute atomic E-state index is 6.30. The predicted molar refractivity (Wildman–Crippen MR) is 68.6 cm³/mol. The van der Waals surface area contributed by atoms with Crippen molar-refractivity contribution in [3.63, 3.8) is 0 Å². The molecule has 2 atom stereocenters. The van der Waals surface area contributed by atoms with Crippen LogP contribution >= 0.6 is 0 Å². The molecule has 3 heteroatoms. The third-order valence-electron chi connectivity index (χ3n) is 3.63. The quantitative estimate of drug-likeness (QED) is 0.801. The van der Waals surface area contributed by atoms with Crippen LogP contribution in [0.1, 0.15) is 36.9 Å². The molecule has 0 heterocycles. The molecule has 0 radical (unpaired) electrons. The lowest BCUT2D eigenvalue weighted by Gasteiger charge is -2.19. The Kier molecular flexibility index (Phi) is 3.57. The van der Waals surface area contributed by atoms with Crippen molar-refractivity contribution < 1.29 is 9.47 Å². The van der Waals surface area contributed by atoms with Gasteiger partial charge in [-0.25, -0.2) is 0 Å². The average molecular weight is 235 g/mol. The summed E-state index contributed by atoms with van der Waals surface area (Å²) in [5.74, 6) is 2.47. The van der Waals surface area contributed by atoms with Gasteiger partial charge < -0.3 is 15.2 Å². The summed E-state index contributed by atoms with van der Waals surface area (Å²) in [5.41, 5.74) is 8.66. The number of benzene rings is 1. The summed E-state index contributed by atoms with van der Waals surface area (Å²) in [4.78, 5) is 0. The van der Waals surface area contributed by atoms with Crippen LogP contribution in [0.2, 0.25) is 0 Å². The molecule has 17 heavy (non-hydrogen) atoms. The third-order valence-corrected chi connectivity index (χ3v) is 3.63. The zero-order valence-electron chi connectivity index (χ0n) is 10.8. The second kappa shape index (κ2) is 4.96. The molecular formula is C14H21NO2. The number of hydrogen-bond donors (Lipinski definition) is 1. The predicted octanol–water partition coefficient (Wildman–Crippen LogP) is 2.68. The molecule has 2 rings (SSSR count). The van der Waals surface area contributed by atoms with Crippen LogP contribution < -0.4 is 15.2 Å². The SMILES string of the molecule is COc1ccc(OC)c2c1CCC(C)CC2N. The Morgan fingerprint density at radius 2 is 1.82 bits per heavy atom. The summed E-state index contributed by atoms with van der Waals surface area (Å²) in [7, 11) is 3.41. The molecule has 94 valence electrons. The van der Waals surface area contributed by atoms with Crippen molar-refractivity contribution in [1.82, 2.24) is 0 Å². The largest absolute Gasteiger partial charge is 0.496 e. The number of methoxy groups -OCH3 is 2. The van der Waals surface area contributed by atoms with Crippen molar-refractivity contribution in [1.29, 1.82) is 0 Å². The highest BCUT2D eigenvalue weighted by Crippen LogP contribution is 2.40. The maximum atomic E-state index is 6.30. The molecule has 0 saturated heterocycles. The molecule has 1 aliphatic carbocycles. The Bertz CT molecular complexity index is 403. The molecule has 0 aromatic heterocycles. The van der Waals surface area contributed by atoms with E-state index in [9.17, 15) is 0 Å². The van der Waals surface area contributed by atoms with Gasteiger partial charge in [-0.2, -0.15) is 0 Å². The van der Waals surface area contributed by atoms with Gasteiger partial charge in [0.1, 0.15) is 11.5 Å². The summed E-state index contributed by atoms with van der Waals surface area (Å²) in [5, 5.41) is 0. The highest BCUT2D eigenvalue weighted by molar-refractivity contribution is 5.51. The van der Waals surface area contributed by atoms with E-state index >= 15 is 0 Å². The Morgan fingerprint density at radius 1 is 1.18 bits per heavy atom. The lowest BCUT2D eigenvalue weighted by Crippen LogP contribution is -2.14. The summed E-state index contributed by atoms with van der Waals surface area (Å²) >= 11 is 0. The summed E-state index contributed by atoms with van der Waals surface area (Å²) < 4.78 is 10.9. The summed E-state index contributed by atoms with van der Waals surface area (Å²) in [6.45, 7) is 2.25. The van der Waals surface area contributed by atoms with Crippen LogP contribution in [0.5, 0.6) is 11.5 Å². The van der Waals surface area contributed by atoms with E-state index in [1.165, 1.54) is 5.56 Å². The molecule has 1 aliphatic rings. The van der Waals surface area contributed by atoms with E-state index in [0.29, 0.717) is 5.92 Å². The van der Waals surface area contributed by atoms with Gasteiger partial charge in [-0.1, -0.05) is 6.92 Å². The van der Waals surface area contributed by atoms with Gasteiger partial charge in [-0.15, -0.1) is 0 Å². The fourth-order valence-corrected chi connectivity index (χ4v) is 2.72. The van der Waals surface area contributed by atoms with E-state index < -0.39 is 0 Å². The van der Waals surface area contributed by atoms with Crippen LogP contribution in [0.15, 0.2) is 12.1 Å². The molecule has 3 nitrogen and oxygen atoms in total. The highest BCUT2D eigenvalue weighted by Gasteiger charge is 2.25. The molecule has 1 aromatic rings. The molecule has 1 aromatic carbocycles. The number of nitrogens with two attached hydrogens (primary N) is 1. The van der Waals surface area contributed by atoms with E-state index in [1.54, 1.807) is 14.2 Å². The van der Waals surface area contributed by atoms with Crippen molar-refractivity contribution in [2.24, 2.45) is 11.7 Å². The minimum atomic E-state index is 0.0487. The first kappa shape index (κ1) is 12.2. The Labute approximate surface area is 103 Å². The van der Waals surface area contributed by atoms with Gasteiger partial charge in [0.25, 0.3) is 0 Å². The van der Waals surface area contributed by atoms with Crippen molar-refractivity contribution >= 4 is 0 Å². The van der Waals surface area contributed by atoms with E-state index in [2.05, 4.69) is 6.92 Å². The molecule has 0 aliphatic heterocycles. The molecule has 2 N–H and O–H groups in total. The minimum absolute atomic E-state index is 0.0487. The van der Waals surface area contributed by atoms with E-state index in [0.717, 1.165) is 36.3 Å². The molecule has 0 spiro atoms. The van der Waals surface area contributed by atoms with E-state index in [-0.39, 0.29) is 6.04 Å². The molecular weight excluding hydrogens is 214 g/mol. The van der Waals surface area contributed by atoms with Crippen molar-refractivity contribution in [2.75, 3.05) is 14.2 Å². The van der Waals surface area contributed by atoms with Crippen LogP contribution in [0.25, 0.3) is 0 Å². The Morgan fingerprint density at radius 3 is 2.47 bits per heavy atom. The fraction of sp³-hybridized carbons (Fsp3) is 0.571. The monoisotopic (exact) mass is 235 g/mol. The normalized spacial score (nSPS) is 23.8. The third kappa shape index (κ3) is 2.25. The van der Waals surface area contributed by atoms with Gasteiger partial charge in [0.15, 0.2) is 0 Å². The number of rotatable bonds is 2. The van der Waals surface area contributed by atoms with E-state index in [1.807, 2.05) is 12.1 Å². The van der Waals surface area contributed by atoms with Crippen molar-refractivity contribution in [3.8, 4) is 11.5 Å². The molecule has 0 amide bonds. The fourth-order valence-electron chi connectivity index (χ4n) is 2.72. The molecule has 0 fully saturated rings. The summed E-state index contributed by atoms with van der Waals surface area (Å²) in [6.07, 6.45) is 3.19. The highest BCUT2D eigenvalue weighted by atomic mass is 16.5. The first-order valence-electron chi connectivity index (χ1n) is 6.16. The second-order valence-electron chi connectivity index (χ2n) is 4.85. The standard InChI is InChI=1S/C14H21NO2/c1-9-4-5-10-12(16-2)6-7-13(17-3)14(10)11(15)8-9/h6-7,9,11H,4-5,8,15H2,1-3H3. The van der Waals surface area contributed by atoms with Crippen molar-refractivity contribution in [2.45, 2.75) is 32.2 Å². The Hall–Kier alpha value is -1.22. The van der Waals surface area contributed by atoms with Gasteiger partial charge >= 0.3 is 0 Å². The average Bonchev–Trinajstić information content (AvgIpc) is 2.48. The number of fused-ring (bicyclic) bond motifs is 1. The van der Waals surface area contributed by atoms with Crippen LogP contribution in [0.4, 0.5) is 0 Å². The van der Waals surface area contributed by atoms with E-state index in [4.69, 9.17) is 15.2 Å². The zero-order chi connectivity index (χ0) is 12.4.